The quantitative estimate of drug-likeness (QED) is 0.622. The molecule has 1 saturated heterocycles. The lowest BCUT2D eigenvalue weighted by Gasteiger charge is -2.46. The summed E-state index contributed by atoms with van der Waals surface area (Å²) in [6, 6.07) is 22.2. The van der Waals surface area contributed by atoms with E-state index in [-0.39, 0.29) is 0 Å². The number of piperidine rings is 1. The molecule has 0 spiro atoms. The van der Waals surface area contributed by atoms with Crippen LogP contribution in [0.15, 0.2) is 60.7 Å². The third-order valence-electron chi connectivity index (χ3n) is 6.45. The molecule has 1 fully saturated rings. The number of benzene rings is 2. The van der Waals surface area contributed by atoms with Gasteiger partial charge in [0.15, 0.2) is 0 Å². The molecule has 27 heavy (non-hydrogen) atoms. The molecule has 1 heterocycles. The van der Waals surface area contributed by atoms with Crippen molar-refractivity contribution in [1.29, 1.82) is 0 Å². The van der Waals surface area contributed by atoms with E-state index in [4.69, 9.17) is 0 Å². The first-order chi connectivity index (χ1) is 13.2. The van der Waals surface area contributed by atoms with Gasteiger partial charge in [-0.05, 0) is 12.8 Å². The number of unbranched alkanes of at least 4 members (excludes halogenated alkanes) is 3. The van der Waals surface area contributed by atoms with Gasteiger partial charge in [0.25, 0.3) is 0 Å². The van der Waals surface area contributed by atoms with Crippen LogP contribution in [0.1, 0.15) is 82.0 Å². The zero-order valence-corrected chi connectivity index (χ0v) is 17.0. The van der Waals surface area contributed by atoms with E-state index in [1.54, 1.807) is 0 Å². The maximum Gasteiger partial charge on any atom is 0.118 e. The number of hydrogen-bond acceptors (Lipinski definition) is 1. The second kappa shape index (κ2) is 9.52. The van der Waals surface area contributed by atoms with Gasteiger partial charge in [-0.3, -0.25) is 0 Å². The van der Waals surface area contributed by atoms with Gasteiger partial charge in [-0.1, -0.05) is 100 Å². The van der Waals surface area contributed by atoms with Gasteiger partial charge >= 0.3 is 0 Å². The van der Waals surface area contributed by atoms with Crippen molar-refractivity contribution in [3.63, 3.8) is 0 Å². The minimum atomic E-state index is -0.585. The van der Waals surface area contributed by atoms with E-state index in [2.05, 4.69) is 79.8 Å². The maximum absolute atomic E-state index is 11.9. The van der Waals surface area contributed by atoms with Crippen LogP contribution in [0.3, 0.4) is 0 Å². The molecule has 2 aromatic carbocycles. The molecule has 1 aliphatic rings. The van der Waals surface area contributed by atoms with E-state index >= 15 is 0 Å². The molecule has 146 valence electrons. The fourth-order valence-electron chi connectivity index (χ4n) is 5.05. The monoisotopic (exact) mass is 366 g/mol. The van der Waals surface area contributed by atoms with Crippen molar-refractivity contribution in [1.82, 2.24) is 0 Å². The Hall–Kier alpha value is -1.64. The Morgan fingerprint density at radius 3 is 2.11 bits per heavy atom. The van der Waals surface area contributed by atoms with Crippen molar-refractivity contribution >= 4 is 0 Å². The molecule has 4 atom stereocenters. The molecule has 0 amide bonds. The van der Waals surface area contributed by atoms with Crippen LogP contribution in [0.5, 0.6) is 0 Å². The SMILES string of the molecule is CCCCCC[C@]1(O)C[C@H](c2ccccc2)[NH2+][C@H](c2ccccc2)[C@@H]1CC. The lowest BCUT2D eigenvalue weighted by molar-refractivity contribution is -0.757. The van der Waals surface area contributed by atoms with Crippen molar-refractivity contribution in [3.05, 3.63) is 71.8 Å². The lowest BCUT2D eigenvalue weighted by Crippen LogP contribution is -2.91. The van der Waals surface area contributed by atoms with Gasteiger partial charge in [0, 0.05) is 23.5 Å². The predicted molar refractivity (Wildman–Crippen MR) is 112 cm³/mol. The molecule has 3 N–H and O–H groups in total. The first kappa shape index (κ1) is 20.1. The molecule has 2 nitrogen and oxygen atoms in total. The van der Waals surface area contributed by atoms with Gasteiger partial charge < -0.3 is 10.4 Å². The maximum atomic E-state index is 11.9. The first-order valence-electron chi connectivity index (χ1n) is 10.8. The largest absolute Gasteiger partial charge is 0.389 e. The normalized spacial score (nSPS) is 28.2. The van der Waals surface area contributed by atoms with Gasteiger partial charge in [-0.2, -0.15) is 0 Å². The Labute approximate surface area is 165 Å². The molecule has 0 bridgehead atoms. The standard InChI is InChI=1S/C25H35NO/c1-3-5-6-13-18-25(27)19-23(20-14-9-7-10-15-20)26-24(22(25)4-2)21-16-11-8-12-17-21/h7-12,14-17,22-24,26-27H,3-6,13,18-19H2,1-2H3/p+1/t22-,23+,24+,25-/m0/s1. The Bertz CT molecular complexity index is 671. The lowest BCUT2D eigenvalue weighted by atomic mass is 9.68. The molecule has 2 aromatic rings. The molecule has 0 aliphatic carbocycles. The van der Waals surface area contributed by atoms with Crippen LogP contribution in [-0.2, 0) is 0 Å². The average molecular weight is 367 g/mol. The molecule has 0 saturated carbocycles. The van der Waals surface area contributed by atoms with Crippen LogP contribution < -0.4 is 5.32 Å². The average Bonchev–Trinajstić information content (AvgIpc) is 2.72. The molecule has 3 rings (SSSR count). The fraction of sp³-hybridized carbons (Fsp3) is 0.520. The highest BCUT2D eigenvalue weighted by Gasteiger charge is 2.49. The zero-order chi connectivity index (χ0) is 19.1. The van der Waals surface area contributed by atoms with Crippen LogP contribution in [0.4, 0.5) is 0 Å². The molecule has 0 radical (unpaired) electrons. The minimum Gasteiger partial charge on any atom is -0.389 e. The van der Waals surface area contributed by atoms with Gasteiger partial charge in [0.2, 0.25) is 0 Å². The molecular weight excluding hydrogens is 330 g/mol. The highest BCUT2D eigenvalue weighted by Crippen LogP contribution is 2.43. The van der Waals surface area contributed by atoms with Crippen molar-refractivity contribution in [3.8, 4) is 0 Å². The van der Waals surface area contributed by atoms with Crippen molar-refractivity contribution in [2.75, 3.05) is 0 Å². The Kier molecular flexibility index (Phi) is 7.09. The van der Waals surface area contributed by atoms with Crippen molar-refractivity contribution in [2.45, 2.75) is 76.5 Å². The van der Waals surface area contributed by atoms with Crippen molar-refractivity contribution in [2.24, 2.45) is 5.92 Å². The Morgan fingerprint density at radius 1 is 0.889 bits per heavy atom. The summed E-state index contributed by atoms with van der Waals surface area (Å²) in [5.74, 6) is 0.293. The van der Waals surface area contributed by atoms with Gasteiger partial charge in [0.1, 0.15) is 12.1 Å². The first-order valence-corrected chi connectivity index (χ1v) is 10.8. The molecule has 0 unspecified atom stereocenters. The molecule has 0 aromatic heterocycles. The summed E-state index contributed by atoms with van der Waals surface area (Å²) in [5.41, 5.74) is 2.09. The van der Waals surface area contributed by atoms with Gasteiger partial charge in [-0.25, -0.2) is 0 Å². The Balaban J connectivity index is 1.89. The van der Waals surface area contributed by atoms with E-state index in [0.29, 0.717) is 18.0 Å². The van der Waals surface area contributed by atoms with Crippen LogP contribution in [0, 0.1) is 5.92 Å². The number of nitrogens with two attached hydrogens (primary N) is 1. The molecule has 2 heteroatoms. The van der Waals surface area contributed by atoms with E-state index in [0.717, 1.165) is 25.7 Å². The van der Waals surface area contributed by atoms with Crippen LogP contribution in [0.2, 0.25) is 0 Å². The number of aliphatic hydroxyl groups is 1. The number of hydrogen-bond donors (Lipinski definition) is 2. The summed E-state index contributed by atoms with van der Waals surface area (Å²) in [7, 11) is 0. The third kappa shape index (κ3) is 4.80. The van der Waals surface area contributed by atoms with Gasteiger partial charge in [-0.15, -0.1) is 0 Å². The smallest absolute Gasteiger partial charge is 0.118 e. The van der Waals surface area contributed by atoms with Gasteiger partial charge in [0.05, 0.1) is 5.60 Å². The van der Waals surface area contributed by atoms with E-state index in [1.807, 2.05) is 0 Å². The van der Waals surface area contributed by atoms with E-state index in [1.165, 1.54) is 30.4 Å². The fourth-order valence-corrected chi connectivity index (χ4v) is 5.05. The van der Waals surface area contributed by atoms with Crippen LogP contribution in [-0.4, -0.2) is 10.7 Å². The summed E-state index contributed by atoms with van der Waals surface area (Å²) in [4.78, 5) is 0. The van der Waals surface area contributed by atoms with Crippen LogP contribution >= 0.6 is 0 Å². The number of quaternary nitrogens is 1. The highest BCUT2D eigenvalue weighted by atomic mass is 16.3. The van der Waals surface area contributed by atoms with E-state index in [9.17, 15) is 5.11 Å². The summed E-state index contributed by atoms with van der Waals surface area (Å²) < 4.78 is 0. The molecule has 1 aliphatic heterocycles. The summed E-state index contributed by atoms with van der Waals surface area (Å²) in [6.45, 7) is 4.49. The van der Waals surface area contributed by atoms with Crippen LogP contribution in [0.25, 0.3) is 0 Å². The topological polar surface area (TPSA) is 36.8 Å². The Morgan fingerprint density at radius 2 is 1.52 bits per heavy atom. The zero-order valence-electron chi connectivity index (χ0n) is 17.0. The summed E-state index contributed by atoms with van der Waals surface area (Å²) >= 11 is 0. The second-order valence-corrected chi connectivity index (χ2v) is 8.28. The van der Waals surface area contributed by atoms with E-state index < -0.39 is 5.60 Å². The second-order valence-electron chi connectivity index (χ2n) is 8.28. The predicted octanol–water partition coefficient (Wildman–Crippen LogP) is 5.16. The third-order valence-corrected chi connectivity index (χ3v) is 6.45. The summed E-state index contributed by atoms with van der Waals surface area (Å²) in [6.07, 6.45) is 7.65. The molecular formula is C25H36NO+. The highest BCUT2D eigenvalue weighted by molar-refractivity contribution is 5.22. The number of rotatable bonds is 8. The summed E-state index contributed by atoms with van der Waals surface area (Å²) in [5, 5.41) is 14.4. The minimum absolute atomic E-state index is 0.293. The van der Waals surface area contributed by atoms with Crippen molar-refractivity contribution < 1.29 is 10.4 Å².